The van der Waals surface area contributed by atoms with Crippen molar-refractivity contribution in [2.45, 2.75) is 77.2 Å². The van der Waals surface area contributed by atoms with Gasteiger partial charge in [-0.2, -0.15) is 0 Å². The topological polar surface area (TPSA) is 15.3 Å². The number of nitrogens with one attached hydrogen (secondary N) is 1. The number of hydrogen-bond donors (Lipinski definition) is 1. The molecule has 1 rings (SSSR count). The third kappa shape index (κ3) is 7.38. The van der Waals surface area contributed by atoms with E-state index in [1.807, 2.05) is 0 Å². The number of nitrogens with zero attached hydrogens (tertiary/aromatic N) is 1. The predicted molar refractivity (Wildman–Crippen MR) is 81.1 cm³/mol. The van der Waals surface area contributed by atoms with Gasteiger partial charge < -0.3 is 10.2 Å². The van der Waals surface area contributed by atoms with Gasteiger partial charge in [-0.25, -0.2) is 0 Å². The lowest BCUT2D eigenvalue weighted by atomic mass is 10.1. The zero-order valence-electron chi connectivity index (χ0n) is 12.7. The average molecular weight is 254 g/mol. The zero-order valence-corrected chi connectivity index (χ0v) is 12.7. The lowest BCUT2D eigenvalue weighted by Crippen LogP contribution is -2.33. The highest BCUT2D eigenvalue weighted by molar-refractivity contribution is 4.73. The van der Waals surface area contributed by atoms with E-state index in [0.717, 1.165) is 6.04 Å². The summed E-state index contributed by atoms with van der Waals surface area (Å²) in [6, 6.07) is 0.833. The van der Waals surface area contributed by atoms with Gasteiger partial charge in [0.15, 0.2) is 0 Å². The summed E-state index contributed by atoms with van der Waals surface area (Å²) in [6.45, 7) is 6.03. The van der Waals surface area contributed by atoms with Gasteiger partial charge in [0.05, 0.1) is 0 Å². The molecule has 0 spiro atoms. The Bertz CT molecular complexity index is 174. The molecule has 0 bridgehead atoms. The summed E-state index contributed by atoms with van der Waals surface area (Å²) in [7, 11) is 2.33. The molecule has 1 heterocycles. The second-order valence-corrected chi connectivity index (χ2v) is 5.94. The fourth-order valence-electron chi connectivity index (χ4n) is 2.94. The molecule has 108 valence electrons. The Morgan fingerprint density at radius 1 is 0.944 bits per heavy atom. The molecule has 1 saturated heterocycles. The fourth-order valence-corrected chi connectivity index (χ4v) is 2.94. The number of hydrogen-bond acceptors (Lipinski definition) is 2. The first kappa shape index (κ1) is 16.0. The SMILES string of the molecule is CCCCCCCCCN(C)C1CCCNCC1. The van der Waals surface area contributed by atoms with Gasteiger partial charge in [-0.1, -0.05) is 45.4 Å². The molecule has 1 atom stereocenters. The van der Waals surface area contributed by atoms with Crippen molar-refractivity contribution in [1.29, 1.82) is 0 Å². The normalized spacial score (nSPS) is 21.2. The summed E-state index contributed by atoms with van der Waals surface area (Å²) in [5.74, 6) is 0. The molecular weight excluding hydrogens is 220 g/mol. The van der Waals surface area contributed by atoms with Crippen LogP contribution in [0.5, 0.6) is 0 Å². The maximum absolute atomic E-state index is 3.50. The van der Waals surface area contributed by atoms with Crippen LogP contribution in [0.25, 0.3) is 0 Å². The van der Waals surface area contributed by atoms with Crippen LogP contribution in [0.3, 0.4) is 0 Å². The Labute approximate surface area is 115 Å². The lowest BCUT2D eigenvalue weighted by molar-refractivity contribution is 0.220. The second kappa shape index (κ2) is 10.8. The molecule has 0 aromatic heterocycles. The fraction of sp³-hybridized carbons (Fsp3) is 1.00. The van der Waals surface area contributed by atoms with Gasteiger partial charge in [-0.3, -0.25) is 0 Å². The third-order valence-corrected chi connectivity index (χ3v) is 4.28. The smallest absolute Gasteiger partial charge is 0.0105 e. The zero-order chi connectivity index (χ0) is 13.1. The summed E-state index contributed by atoms with van der Waals surface area (Å²) < 4.78 is 0. The van der Waals surface area contributed by atoms with Gasteiger partial charge in [0.25, 0.3) is 0 Å². The molecule has 0 aromatic carbocycles. The van der Waals surface area contributed by atoms with Gasteiger partial charge in [-0.05, 0) is 52.4 Å². The van der Waals surface area contributed by atoms with E-state index >= 15 is 0 Å². The molecule has 2 nitrogen and oxygen atoms in total. The first-order valence-corrected chi connectivity index (χ1v) is 8.25. The molecule has 0 aliphatic carbocycles. The van der Waals surface area contributed by atoms with Crippen LogP contribution in [0, 0.1) is 0 Å². The summed E-state index contributed by atoms with van der Waals surface area (Å²) in [5, 5.41) is 3.50. The lowest BCUT2D eigenvalue weighted by Gasteiger charge is -2.26. The average Bonchev–Trinajstić information content (AvgIpc) is 2.66. The first-order valence-electron chi connectivity index (χ1n) is 8.25. The van der Waals surface area contributed by atoms with Gasteiger partial charge in [0.2, 0.25) is 0 Å². The molecule has 1 N–H and O–H groups in total. The summed E-state index contributed by atoms with van der Waals surface area (Å²) >= 11 is 0. The maximum atomic E-state index is 3.50. The van der Waals surface area contributed by atoms with E-state index in [-0.39, 0.29) is 0 Å². The van der Waals surface area contributed by atoms with Crippen molar-refractivity contribution in [2.75, 3.05) is 26.7 Å². The predicted octanol–water partition coefficient (Wildman–Crippen LogP) is 3.81. The van der Waals surface area contributed by atoms with Crippen LogP contribution in [0.1, 0.15) is 71.1 Å². The van der Waals surface area contributed by atoms with E-state index in [1.54, 1.807) is 0 Å². The highest BCUT2D eigenvalue weighted by atomic mass is 15.1. The van der Waals surface area contributed by atoms with Crippen molar-refractivity contribution < 1.29 is 0 Å². The highest BCUT2D eigenvalue weighted by Gasteiger charge is 2.15. The van der Waals surface area contributed by atoms with Crippen LogP contribution in [-0.4, -0.2) is 37.6 Å². The molecule has 0 aromatic rings. The van der Waals surface area contributed by atoms with Crippen LogP contribution in [0.15, 0.2) is 0 Å². The molecule has 1 aliphatic rings. The minimum absolute atomic E-state index is 0.833. The molecule has 0 amide bonds. The highest BCUT2D eigenvalue weighted by Crippen LogP contribution is 2.13. The standard InChI is InChI=1S/C16H34N2/c1-3-4-5-6-7-8-9-15-18(2)16-11-10-13-17-14-12-16/h16-17H,3-15H2,1-2H3. The van der Waals surface area contributed by atoms with E-state index in [9.17, 15) is 0 Å². The molecule has 1 fully saturated rings. The molecular formula is C16H34N2. The largest absolute Gasteiger partial charge is 0.317 e. The molecule has 1 aliphatic heterocycles. The monoisotopic (exact) mass is 254 g/mol. The maximum Gasteiger partial charge on any atom is 0.0105 e. The Balaban J connectivity index is 1.96. The van der Waals surface area contributed by atoms with Crippen LogP contribution in [-0.2, 0) is 0 Å². The van der Waals surface area contributed by atoms with Crippen LogP contribution in [0.4, 0.5) is 0 Å². The van der Waals surface area contributed by atoms with Gasteiger partial charge in [0, 0.05) is 6.04 Å². The van der Waals surface area contributed by atoms with E-state index < -0.39 is 0 Å². The van der Waals surface area contributed by atoms with Crippen molar-refractivity contribution in [1.82, 2.24) is 10.2 Å². The number of rotatable bonds is 9. The van der Waals surface area contributed by atoms with Crippen LogP contribution < -0.4 is 5.32 Å². The van der Waals surface area contributed by atoms with Crippen molar-refractivity contribution in [3.05, 3.63) is 0 Å². The molecule has 0 radical (unpaired) electrons. The van der Waals surface area contributed by atoms with E-state index in [4.69, 9.17) is 0 Å². The minimum Gasteiger partial charge on any atom is -0.317 e. The summed E-state index contributed by atoms with van der Waals surface area (Å²) in [5.41, 5.74) is 0. The van der Waals surface area contributed by atoms with E-state index in [2.05, 4.69) is 24.2 Å². The second-order valence-electron chi connectivity index (χ2n) is 5.94. The molecule has 0 saturated carbocycles. The molecule has 1 unspecified atom stereocenters. The molecule has 2 heteroatoms. The van der Waals surface area contributed by atoms with Crippen LogP contribution >= 0.6 is 0 Å². The van der Waals surface area contributed by atoms with Gasteiger partial charge >= 0.3 is 0 Å². The van der Waals surface area contributed by atoms with Gasteiger partial charge in [-0.15, -0.1) is 0 Å². The van der Waals surface area contributed by atoms with Crippen molar-refractivity contribution in [3.63, 3.8) is 0 Å². The van der Waals surface area contributed by atoms with E-state index in [0.29, 0.717) is 0 Å². The number of unbranched alkanes of at least 4 members (excludes halogenated alkanes) is 6. The summed E-state index contributed by atoms with van der Waals surface area (Å²) in [4.78, 5) is 2.61. The van der Waals surface area contributed by atoms with Crippen molar-refractivity contribution in [2.24, 2.45) is 0 Å². The van der Waals surface area contributed by atoms with Crippen molar-refractivity contribution >= 4 is 0 Å². The molecule has 18 heavy (non-hydrogen) atoms. The van der Waals surface area contributed by atoms with Crippen molar-refractivity contribution in [3.8, 4) is 0 Å². The Kier molecular flexibility index (Phi) is 9.59. The minimum atomic E-state index is 0.833. The van der Waals surface area contributed by atoms with Gasteiger partial charge in [0.1, 0.15) is 0 Å². The van der Waals surface area contributed by atoms with E-state index in [1.165, 1.54) is 83.8 Å². The third-order valence-electron chi connectivity index (χ3n) is 4.28. The Morgan fingerprint density at radius 2 is 1.67 bits per heavy atom. The quantitative estimate of drug-likeness (QED) is 0.629. The first-order chi connectivity index (χ1) is 8.84. The Morgan fingerprint density at radius 3 is 2.44 bits per heavy atom. The Hall–Kier alpha value is -0.0800. The summed E-state index contributed by atoms with van der Waals surface area (Å²) in [6.07, 6.45) is 14.0. The van der Waals surface area contributed by atoms with Crippen LogP contribution in [0.2, 0.25) is 0 Å².